The number of aliphatic hydroxyl groups excluding tert-OH is 1. The van der Waals surface area contributed by atoms with Gasteiger partial charge in [0.1, 0.15) is 44.0 Å². The number of ether oxygens (including phenoxy) is 4. The second kappa shape index (κ2) is 15.6. The predicted molar refractivity (Wildman–Crippen MR) is 164 cm³/mol. The Kier molecular flexibility index (Phi) is 11.4. The lowest BCUT2D eigenvalue weighted by molar-refractivity contribution is -0.137. The molecule has 0 aliphatic carbocycles. The van der Waals surface area contributed by atoms with Gasteiger partial charge in [-0.25, -0.2) is 0 Å². The molecule has 1 aliphatic heterocycles. The van der Waals surface area contributed by atoms with Crippen LogP contribution in [0.5, 0.6) is 23.0 Å². The number of aromatic nitrogens is 1. The van der Waals surface area contributed by atoms with Crippen LogP contribution in [0.15, 0.2) is 67.0 Å². The maximum Gasteiger partial charge on any atom is 0.305 e. The lowest BCUT2D eigenvalue weighted by Crippen LogP contribution is -2.15. The van der Waals surface area contributed by atoms with Crippen LogP contribution in [0, 0.1) is 18.3 Å². The zero-order valence-electron chi connectivity index (χ0n) is 24.1. The fourth-order valence-electron chi connectivity index (χ4n) is 4.34. The number of fused-ring (bicyclic) bond motifs is 1. The summed E-state index contributed by atoms with van der Waals surface area (Å²) in [5, 5.41) is 25.3. The van der Waals surface area contributed by atoms with Gasteiger partial charge in [0.25, 0.3) is 0 Å². The minimum Gasteiger partial charge on any atom is -0.488 e. The Balaban J connectivity index is 0.000000670. The van der Waals surface area contributed by atoms with E-state index in [1.54, 1.807) is 12.3 Å². The molecule has 0 atom stereocenters. The van der Waals surface area contributed by atoms with E-state index in [-0.39, 0.29) is 26.2 Å². The van der Waals surface area contributed by atoms with Gasteiger partial charge in [-0.15, -0.1) is 0 Å². The molecule has 0 bridgehead atoms. The number of rotatable bonds is 10. The van der Waals surface area contributed by atoms with Gasteiger partial charge in [0.05, 0.1) is 23.6 Å². The summed E-state index contributed by atoms with van der Waals surface area (Å²) in [5.74, 6) is 1.77. The molecule has 3 aromatic carbocycles. The van der Waals surface area contributed by atoms with E-state index < -0.39 is 5.97 Å². The zero-order chi connectivity index (χ0) is 31.5. The Morgan fingerprint density at radius 1 is 1.02 bits per heavy atom. The first-order valence-electron chi connectivity index (χ1n) is 13.8. The van der Waals surface area contributed by atoms with Crippen molar-refractivity contribution in [2.24, 2.45) is 5.73 Å². The molecule has 1 aliphatic rings. The normalized spacial score (nSPS) is 11.5. The molecule has 1 aromatic heterocycles. The summed E-state index contributed by atoms with van der Waals surface area (Å²) >= 11 is 6.83. The minimum absolute atomic E-state index is 0.153. The molecule has 0 amide bonds. The monoisotopic (exact) mass is 617 g/mol. The smallest absolute Gasteiger partial charge is 0.305 e. The topological polar surface area (TPSA) is 157 Å². The summed E-state index contributed by atoms with van der Waals surface area (Å²) in [4.78, 5) is 13.5. The van der Waals surface area contributed by atoms with Gasteiger partial charge in [-0.2, -0.15) is 5.26 Å². The Morgan fingerprint density at radius 2 is 1.80 bits per heavy atom. The number of halogens is 1. The van der Waals surface area contributed by atoms with Gasteiger partial charge >= 0.3 is 5.97 Å². The van der Waals surface area contributed by atoms with Gasteiger partial charge in [-0.3, -0.25) is 9.78 Å². The molecule has 2 heterocycles. The summed E-state index contributed by atoms with van der Waals surface area (Å²) in [6.45, 7) is 3.60. The third-order valence-electron chi connectivity index (χ3n) is 6.54. The number of aliphatic carboxylic acids is 1. The molecule has 11 heteroatoms. The fourth-order valence-corrected chi connectivity index (χ4v) is 4.63. The second-order valence-corrected chi connectivity index (χ2v) is 10.1. The van der Waals surface area contributed by atoms with Crippen molar-refractivity contribution in [1.82, 2.24) is 4.98 Å². The Hall–Kier alpha value is -4.82. The molecule has 0 spiro atoms. The molecule has 0 fully saturated rings. The number of aliphatic hydroxyl groups is 1. The van der Waals surface area contributed by atoms with E-state index in [0.29, 0.717) is 47.6 Å². The molecule has 0 unspecified atom stereocenters. The minimum atomic E-state index is -0.961. The molecule has 4 aromatic rings. The lowest BCUT2D eigenvalue weighted by Gasteiger charge is -2.19. The van der Waals surface area contributed by atoms with Gasteiger partial charge in [0, 0.05) is 47.3 Å². The van der Waals surface area contributed by atoms with Crippen molar-refractivity contribution in [3.05, 3.63) is 99.8 Å². The van der Waals surface area contributed by atoms with Gasteiger partial charge in [0.15, 0.2) is 11.5 Å². The van der Waals surface area contributed by atoms with Gasteiger partial charge < -0.3 is 34.9 Å². The van der Waals surface area contributed by atoms with E-state index in [1.807, 2.05) is 55.5 Å². The molecule has 0 saturated heterocycles. The Morgan fingerprint density at radius 3 is 2.50 bits per heavy atom. The number of carbonyl (C=O) groups is 1. The number of nitrogens with zero attached hydrogens (tertiary/aromatic N) is 2. The van der Waals surface area contributed by atoms with Crippen LogP contribution in [0.1, 0.15) is 34.2 Å². The third kappa shape index (κ3) is 8.39. The quantitative estimate of drug-likeness (QED) is 0.210. The first-order valence-corrected chi connectivity index (χ1v) is 14.1. The summed E-state index contributed by atoms with van der Waals surface area (Å²) in [5.41, 5.74) is 11.7. The van der Waals surface area contributed by atoms with E-state index in [1.165, 1.54) is 6.20 Å². The largest absolute Gasteiger partial charge is 0.488 e. The van der Waals surface area contributed by atoms with Gasteiger partial charge in [-0.05, 0) is 42.3 Å². The zero-order valence-corrected chi connectivity index (χ0v) is 24.8. The van der Waals surface area contributed by atoms with Crippen molar-refractivity contribution in [3.63, 3.8) is 0 Å². The number of hydrogen-bond acceptors (Lipinski definition) is 9. The van der Waals surface area contributed by atoms with E-state index in [9.17, 15) is 4.79 Å². The molecular weight excluding hydrogens is 586 g/mol. The van der Waals surface area contributed by atoms with Crippen LogP contribution in [0.3, 0.4) is 0 Å². The number of benzene rings is 3. The molecule has 228 valence electrons. The first-order chi connectivity index (χ1) is 21.3. The van der Waals surface area contributed by atoms with Crippen LogP contribution in [-0.2, 0) is 24.6 Å². The predicted octanol–water partition coefficient (Wildman–Crippen LogP) is 5.42. The molecule has 10 nitrogen and oxygen atoms in total. The second-order valence-electron chi connectivity index (χ2n) is 9.71. The number of nitriles is 1. The highest BCUT2D eigenvalue weighted by atomic mass is 35.5. The van der Waals surface area contributed by atoms with Crippen molar-refractivity contribution in [3.8, 4) is 40.2 Å². The van der Waals surface area contributed by atoms with Crippen LogP contribution in [0.2, 0.25) is 5.02 Å². The van der Waals surface area contributed by atoms with Crippen molar-refractivity contribution in [2.45, 2.75) is 33.1 Å². The molecular formula is C33H32ClN3O7. The maximum atomic E-state index is 9.44. The van der Waals surface area contributed by atoms with Gasteiger partial charge in [-0.1, -0.05) is 35.9 Å². The van der Waals surface area contributed by atoms with Crippen molar-refractivity contribution < 1.29 is 34.0 Å². The Bertz CT molecular complexity index is 1660. The van der Waals surface area contributed by atoms with E-state index in [2.05, 4.69) is 11.1 Å². The molecule has 0 saturated carbocycles. The third-order valence-corrected chi connectivity index (χ3v) is 6.98. The summed E-state index contributed by atoms with van der Waals surface area (Å²) in [6.07, 6.45) is 3.03. The highest BCUT2D eigenvalue weighted by molar-refractivity contribution is 6.34. The van der Waals surface area contributed by atoms with Crippen molar-refractivity contribution >= 4 is 17.6 Å². The lowest BCUT2D eigenvalue weighted by atomic mass is 10.0. The number of hydrogen-bond donors (Lipinski definition) is 3. The van der Waals surface area contributed by atoms with Crippen LogP contribution in [-0.4, -0.2) is 41.0 Å². The summed E-state index contributed by atoms with van der Waals surface area (Å²) in [7, 11) is 0. The maximum absolute atomic E-state index is 9.44. The highest BCUT2D eigenvalue weighted by Crippen LogP contribution is 2.38. The van der Waals surface area contributed by atoms with Crippen LogP contribution in [0.4, 0.5) is 0 Å². The highest BCUT2D eigenvalue weighted by Gasteiger charge is 2.16. The van der Waals surface area contributed by atoms with E-state index in [4.69, 9.17) is 51.8 Å². The average molecular weight is 618 g/mol. The summed E-state index contributed by atoms with van der Waals surface area (Å²) in [6, 6.07) is 19.3. The fraction of sp³-hybridized carbons (Fsp3) is 0.242. The van der Waals surface area contributed by atoms with Crippen molar-refractivity contribution in [1.29, 1.82) is 5.26 Å². The molecule has 4 N–H and O–H groups in total. The molecule has 5 rings (SSSR count). The van der Waals surface area contributed by atoms with Crippen LogP contribution in [0.25, 0.3) is 11.1 Å². The van der Waals surface area contributed by atoms with E-state index >= 15 is 0 Å². The number of carboxylic acid groups (broad SMARTS) is 1. The standard InChI is InChI=1S/C30H26ClN3O4.C3H6O3/c1-19-9-24(14-33)28(37-17-21-10-20(13-32)15-34-16-21)12-27(19)38-18-23-3-2-4-25(30(23)31)22-5-6-26-29(11-22)36-8-7-35-26;4-2-1-3(5)6/h2-6,9-12,15-16H,7-8,14,17-18,33H2,1H3;4H,1-2H2,(H,5,6). The number of carboxylic acids is 1. The Labute approximate surface area is 260 Å². The average Bonchev–Trinajstić information content (AvgIpc) is 3.04. The SMILES string of the molecule is Cc1cc(CN)c(OCc2cncc(C#N)c2)cc1OCc1cccc(-c2ccc3c(c2)OCCO3)c1Cl.O=C(O)CCO. The van der Waals surface area contributed by atoms with Crippen LogP contribution >= 0.6 is 11.6 Å². The first kappa shape index (κ1) is 32.1. The molecule has 0 radical (unpaired) electrons. The number of pyridine rings is 1. The van der Waals surface area contributed by atoms with Gasteiger partial charge in [0.2, 0.25) is 0 Å². The number of nitrogens with two attached hydrogens (primary N) is 1. The van der Waals surface area contributed by atoms with Crippen molar-refractivity contribution in [2.75, 3.05) is 19.8 Å². The summed E-state index contributed by atoms with van der Waals surface area (Å²) < 4.78 is 23.6. The van der Waals surface area contributed by atoms with Crippen LogP contribution < -0.4 is 24.7 Å². The van der Waals surface area contributed by atoms with E-state index in [0.717, 1.165) is 39.1 Å². The molecule has 44 heavy (non-hydrogen) atoms. The number of aryl methyl sites for hydroxylation is 1.